The maximum absolute atomic E-state index is 10.6. The summed E-state index contributed by atoms with van der Waals surface area (Å²) in [5.74, 6) is 0.748. The lowest BCUT2D eigenvalue weighted by Gasteiger charge is -2.31. The highest BCUT2D eigenvalue weighted by atomic mass is 32.1. The van der Waals surface area contributed by atoms with Gasteiger partial charge < -0.3 is 10.2 Å². The number of hydrogen-bond donors (Lipinski definition) is 1. The van der Waals surface area contributed by atoms with Crippen molar-refractivity contribution in [3.8, 4) is 0 Å². The van der Waals surface area contributed by atoms with Crippen LogP contribution in [0.1, 0.15) is 24.6 Å². The van der Waals surface area contributed by atoms with Crippen LogP contribution in [0.15, 0.2) is 12.1 Å². The molecule has 1 aromatic rings. The van der Waals surface area contributed by atoms with E-state index in [1.165, 1.54) is 37.3 Å². The van der Waals surface area contributed by atoms with E-state index in [0.717, 1.165) is 30.4 Å². The van der Waals surface area contributed by atoms with Crippen molar-refractivity contribution in [2.45, 2.75) is 26.3 Å². The fraction of sp³-hybridized carbons (Fsp3) is 0.692. The van der Waals surface area contributed by atoms with E-state index in [0.29, 0.717) is 0 Å². The lowest BCUT2D eigenvalue weighted by Crippen LogP contribution is -2.36. The lowest BCUT2D eigenvalue weighted by molar-refractivity contribution is -0.380. The van der Waals surface area contributed by atoms with Crippen LogP contribution in [0.4, 0.5) is 5.00 Å². The fourth-order valence-electron chi connectivity index (χ4n) is 2.47. The summed E-state index contributed by atoms with van der Waals surface area (Å²) in [6.45, 7) is 7.53. The van der Waals surface area contributed by atoms with Gasteiger partial charge in [-0.3, -0.25) is 10.1 Å². The van der Waals surface area contributed by atoms with Crippen LogP contribution in [0.3, 0.4) is 0 Å². The minimum Gasteiger partial charge on any atom is -0.312 e. The van der Waals surface area contributed by atoms with Crippen molar-refractivity contribution in [2.75, 3.05) is 26.2 Å². The van der Waals surface area contributed by atoms with E-state index >= 15 is 0 Å². The number of nitro groups is 1. The van der Waals surface area contributed by atoms with Gasteiger partial charge in [0.15, 0.2) is 0 Å². The summed E-state index contributed by atoms with van der Waals surface area (Å²) in [4.78, 5) is 13.8. The Morgan fingerprint density at radius 3 is 2.79 bits per heavy atom. The second kappa shape index (κ2) is 6.98. The average Bonchev–Trinajstić information content (AvgIpc) is 2.89. The molecule has 1 N–H and O–H groups in total. The highest BCUT2D eigenvalue weighted by Gasteiger charge is 2.17. The standard InChI is InChI=1S/C13H21N3O2S/c1-2-15-7-5-11(6-8-15)9-14-10-12-3-4-13(19-12)16(17)18/h3-4,11,14H,2,5-10H2,1H3. The second-order valence-corrected chi connectivity index (χ2v) is 6.15. The van der Waals surface area contributed by atoms with Gasteiger partial charge in [-0.15, -0.1) is 0 Å². The summed E-state index contributed by atoms with van der Waals surface area (Å²) in [5.41, 5.74) is 0. The van der Waals surface area contributed by atoms with Gasteiger partial charge in [0.1, 0.15) is 0 Å². The molecule has 1 fully saturated rings. The summed E-state index contributed by atoms with van der Waals surface area (Å²) in [6, 6.07) is 3.43. The van der Waals surface area contributed by atoms with E-state index < -0.39 is 0 Å². The van der Waals surface area contributed by atoms with Gasteiger partial charge in [-0.05, 0) is 51.0 Å². The fourth-order valence-corrected chi connectivity index (χ4v) is 3.26. The van der Waals surface area contributed by atoms with Crippen molar-refractivity contribution in [3.05, 3.63) is 27.1 Å². The van der Waals surface area contributed by atoms with Gasteiger partial charge in [-0.2, -0.15) is 0 Å². The van der Waals surface area contributed by atoms with Crippen molar-refractivity contribution < 1.29 is 4.92 Å². The highest BCUT2D eigenvalue weighted by molar-refractivity contribution is 7.15. The lowest BCUT2D eigenvalue weighted by atomic mass is 9.97. The van der Waals surface area contributed by atoms with Crippen molar-refractivity contribution in [1.82, 2.24) is 10.2 Å². The van der Waals surface area contributed by atoms with Crippen LogP contribution in [0.25, 0.3) is 0 Å². The third-order valence-electron chi connectivity index (χ3n) is 3.71. The number of rotatable bonds is 6. The van der Waals surface area contributed by atoms with E-state index in [1.807, 2.05) is 6.07 Å². The molecule has 0 bridgehead atoms. The van der Waals surface area contributed by atoms with Gasteiger partial charge in [0.25, 0.3) is 0 Å². The highest BCUT2D eigenvalue weighted by Crippen LogP contribution is 2.24. The summed E-state index contributed by atoms with van der Waals surface area (Å²) in [7, 11) is 0. The van der Waals surface area contributed by atoms with Gasteiger partial charge in [0, 0.05) is 17.5 Å². The number of hydrogen-bond acceptors (Lipinski definition) is 5. The topological polar surface area (TPSA) is 58.4 Å². The molecule has 0 spiro atoms. The van der Waals surface area contributed by atoms with Crippen LogP contribution < -0.4 is 5.32 Å². The Labute approximate surface area is 117 Å². The minimum absolute atomic E-state index is 0.230. The molecule has 2 rings (SSSR count). The van der Waals surface area contributed by atoms with Gasteiger partial charge in [-0.1, -0.05) is 18.3 Å². The molecular weight excluding hydrogens is 262 g/mol. The molecule has 0 unspecified atom stereocenters. The summed E-state index contributed by atoms with van der Waals surface area (Å²) >= 11 is 1.26. The number of likely N-dealkylation sites (tertiary alicyclic amines) is 1. The molecule has 19 heavy (non-hydrogen) atoms. The molecule has 6 heteroatoms. The molecule has 0 amide bonds. The molecule has 0 aliphatic carbocycles. The quantitative estimate of drug-likeness (QED) is 0.643. The average molecular weight is 283 g/mol. The van der Waals surface area contributed by atoms with Crippen molar-refractivity contribution in [2.24, 2.45) is 5.92 Å². The van der Waals surface area contributed by atoms with Crippen LogP contribution in [-0.2, 0) is 6.54 Å². The van der Waals surface area contributed by atoms with E-state index in [1.54, 1.807) is 6.07 Å². The number of nitrogens with zero attached hydrogens (tertiary/aromatic N) is 2. The smallest absolute Gasteiger partial charge is 0.312 e. The SMILES string of the molecule is CCN1CCC(CNCc2ccc([N+](=O)[O-])s2)CC1. The van der Waals surface area contributed by atoms with Crippen LogP contribution in [0.2, 0.25) is 0 Å². The van der Waals surface area contributed by atoms with E-state index in [2.05, 4.69) is 17.1 Å². The minimum atomic E-state index is -0.325. The van der Waals surface area contributed by atoms with Gasteiger partial charge in [0.05, 0.1) is 4.92 Å². The maximum Gasteiger partial charge on any atom is 0.324 e. The molecule has 0 radical (unpaired) electrons. The molecule has 1 aliphatic rings. The van der Waals surface area contributed by atoms with Crippen LogP contribution in [-0.4, -0.2) is 36.0 Å². The summed E-state index contributed by atoms with van der Waals surface area (Å²) < 4.78 is 0. The molecule has 0 aromatic carbocycles. The predicted octanol–water partition coefficient (Wildman–Crippen LogP) is 2.48. The van der Waals surface area contributed by atoms with E-state index in [4.69, 9.17) is 0 Å². The van der Waals surface area contributed by atoms with Crippen molar-refractivity contribution >= 4 is 16.3 Å². The molecule has 106 valence electrons. The molecule has 0 atom stereocenters. The largest absolute Gasteiger partial charge is 0.324 e. The monoisotopic (exact) mass is 283 g/mol. The zero-order valence-electron chi connectivity index (χ0n) is 11.3. The first-order chi connectivity index (χ1) is 9.19. The number of thiophene rings is 1. The molecule has 0 saturated carbocycles. The zero-order chi connectivity index (χ0) is 13.7. The Morgan fingerprint density at radius 2 is 2.21 bits per heavy atom. The van der Waals surface area contributed by atoms with Crippen molar-refractivity contribution in [1.29, 1.82) is 0 Å². The van der Waals surface area contributed by atoms with Crippen LogP contribution in [0, 0.1) is 16.0 Å². The first-order valence-corrected chi connectivity index (χ1v) is 7.67. The second-order valence-electron chi connectivity index (χ2n) is 5.01. The van der Waals surface area contributed by atoms with Gasteiger partial charge in [0.2, 0.25) is 0 Å². The molecule has 1 aliphatic heterocycles. The molecule has 1 saturated heterocycles. The molecule has 1 aromatic heterocycles. The number of nitrogens with one attached hydrogen (secondary N) is 1. The van der Waals surface area contributed by atoms with Crippen molar-refractivity contribution in [3.63, 3.8) is 0 Å². The normalized spacial score (nSPS) is 17.7. The Morgan fingerprint density at radius 1 is 1.47 bits per heavy atom. The predicted molar refractivity (Wildman–Crippen MR) is 77.5 cm³/mol. The van der Waals surface area contributed by atoms with Crippen LogP contribution in [0.5, 0.6) is 0 Å². The van der Waals surface area contributed by atoms with E-state index in [9.17, 15) is 10.1 Å². The third-order valence-corrected chi connectivity index (χ3v) is 4.75. The van der Waals surface area contributed by atoms with Gasteiger partial charge >= 0.3 is 5.00 Å². The first-order valence-electron chi connectivity index (χ1n) is 6.85. The Hall–Kier alpha value is -0.980. The summed E-state index contributed by atoms with van der Waals surface area (Å²) in [6.07, 6.45) is 2.51. The van der Waals surface area contributed by atoms with E-state index in [-0.39, 0.29) is 9.92 Å². The summed E-state index contributed by atoms with van der Waals surface area (Å²) in [5, 5.41) is 14.2. The number of piperidine rings is 1. The Kier molecular flexibility index (Phi) is 5.30. The molecule has 2 heterocycles. The van der Waals surface area contributed by atoms with Gasteiger partial charge in [-0.25, -0.2) is 0 Å². The maximum atomic E-state index is 10.6. The molecule has 5 nitrogen and oxygen atoms in total. The Bertz CT molecular complexity index is 414. The third kappa shape index (κ3) is 4.26. The Balaban J connectivity index is 1.67. The molecular formula is C13H21N3O2S. The first kappa shape index (κ1) is 14.4. The zero-order valence-corrected chi connectivity index (χ0v) is 12.1. The van der Waals surface area contributed by atoms with Crippen LogP contribution >= 0.6 is 11.3 Å².